The van der Waals surface area contributed by atoms with E-state index in [2.05, 4.69) is 30.6 Å². The number of nitrogens with zero attached hydrogens (tertiary/aromatic N) is 4. The van der Waals surface area contributed by atoms with Crippen LogP contribution in [0.15, 0.2) is 30.7 Å². The van der Waals surface area contributed by atoms with E-state index in [1.165, 1.54) is 18.5 Å². The lowest BCUT2D eigenvalue weighted by Crippen LogP contribution is -2.06. The molecule has 0 aliphatic heterocycles. The summed E-state index contributed by atoms with van der Waals surface area (Å²) in [6, 6.07) is 4.82. The Hall–Kier alpha value is -2.54. The summed E-state index contributed by atoms with van der Waals surface area (Å²) in [7, 11) is 0. The van der Waals surface area contributed by atoms with Gasteiger partial charge in [0.25, 0.3) is 0 Å². The molecule has 1 aliphatic carbocycles. The average Bonchev–Trinajstić information content (AvgIpc) is 3.35. The van der Waals surface area contributed by atoms with Crippen LogP contribution in [0.1, 0.15) is 12.8 Å². The molecule has 8 heteroatoms. The lowest BCUT2D eigenvalue weighted by Gasteiger charge is -2.09. The summed E-state index contributed by atoms with van der Waals surface area (Å²) in [5.74, 6) is 0.594. The molecule has 1 saturated carbocycles. The molecule has 0 radical (unpaired) electrons. The molecule has 116 valence electrons. The minimum atomic E-state index is -0.469. The van der Waals surface area contributed by atoms with E-state index in [9.17, 15) is 4.39 Å². The Bertz CT molecular complexity index is 883. The van der Waals surface area contributed by atoms with Crippen LogP contribution in [0.2, 0.25) is 5.02 Å². The third kappa shape index (κ3) is 3.00. The number of benzene rings is 1. The first kappa shape index (κ1) is 14.1. The highest BCUT2D eigenvalue weighted by molar-refractivity contribution is 6.31. The fraction of sp³-hybridized carbons (Fsp3) is 0.200. The van der Waals surface area contributed by atoms with Crippen LogP contribution in [0, 0.1) is 5.82 Å². The topological polar surface area (TPSA) is 75.6 Å². The highest BCUT2D eigenvalue weighted by Gasteiger charge is 2.22. The molecule has 2 heterocycles. The van der Waals surface area contributed by atoms with Crippen molar-refractivity contribution in [2.24, 2.45) is 0 Å². The first-order chi connectivity index (χ1) is 11.2. The van der Waals surface area contributed by atoms with Gasteiger partial charge < -0.3 is 10.6 Å². The number of hydrogen-bond acceptors (Lipinski definition) is 6. The van der Waals surface area contributed by atoms with Crippen molar-refractivity contribution >= 4 is 40.1 Å². The minimum Gasteiger partial charge on any atom is -0.351 e. The lowest BCUT2D eigenvalue weighted by atomic mass is 10.3. The van der Waals surface area contributed by atoms with E-state index in [1.807, 2.05) is 0 Å². The minimum absolute atomic E-state index is 0.0408. The zero-order valence-corrected chi connectivity index (χ0v) is 12.7. The number of rotatable bonds is 4. The zero-order valence-electron chi connectivity index (χ0n) is 11.9. The van der Waals surface area contributed by atoms with E-state index in [-0.39, 0.29) is 5.02 Å². The Morgan fingerprint density at radius 2 is 2.04 bits per heavy atom. The van der Waals surface area contributed by atoms with Gasteiger partial charge in [0.15, 0.2) is 5.82 Å². The summed E-state index contributed by atoms with van der Waals surface area (Å²) in [5.41, 5.74) is 1.83. The summed E-state index contributed by atoms with van der Waals surface area (Å²) >= 11 is 5.80. The number of hydrogen-bond donors (Lipinski definition) is 2. The molecule has 2 N–H and O–H groups in total. The van der Waals surface area contributed by atoms with E-state index in [0.29, 0.717) is 34.5 Å². The third-order valence-electron chi connectivity index (χ3n) is 3.47. The summed E-state index contributed by atoms with van der Waals surface area (Å²) in [6.07, 6.45) is 5.34. The molecule has 0 saturated heterocycles. The van der Waals surface area contributed by atoms with Gasteiger partial charge in [-0.3, -0.25) is 0 Å². The molecule has 1 aromatic carbocycles. The summed E-state index contributed by atoms with van der Waals surface area (Å²) in [6.45, 7) is 0. The van der Waals surface area contributed by atoms with E-state index in [0.717, 1.165) is 12.8 Å². The molecule has 23 heavy (non-hydrogen) atoms. The van der Waals surface area contributed by atoms with E-state index in [4.69, 9.17) is 11.6 Å². The van der Waals surface area contributed by atoms with Gasteiger partial charge in [-0.2, -0.15) is 0 Å². The molecule has 2 aromatic heterocycles. The fourth-order valence-electron chi connectivity index (χ4n) is 2.14. The Kier molecular flexibility index (Phi) is 3.42. The second kappa shape index (κ2) is 5.58. The van der Waals surface area contributed by atoms with Gasteiger partial charge in [0.2, 0.25) is 5.95 Å². The van der Waals surface area contributed by atoms with Gasteiger partial charge in [0.05, 0.1) is 11.2 Å². The number of aromatic nitrogens is 4. The first-order valence-corrected chi connectivity index (χ1v) is 7.53. The van der Waals surface area contributed by atoms with Crippen LogP contribution in [0.4, 0.5) is 21.8 Å². The maximum atomic E-state index is 13.3. The summed E-state index contributed by atoms with van der Waals surface area (Å²) in [4.78, 5) is 17.1. The lowest BCUT2D eigenvalue weighted by molar-refractivity contribution is 0.628. The quantitative estimate of drug-likeness (QED) is 0.762. The van der Waals surface area contributed by atoms with Crippen LogP contribution in [-0.4, -0.2) is 26.0 Å². The van der Waals surface area contributed by atoms with Gasteiger partial charge in [-0.15, -0.1) is 0 Å². The second-order valence-electron chi connectivity index (χ2n) is 5.32. The number of nitrogens with one attached hydrogen (secondary N) is 2. The highest BCUT2D eigenvalue weighted by atomic mass is 35.5. The molecule has 1 fully saturated rings. The van der Waals surface area contributed by atoms with Crippen molar-refractivity contribution < 1.29 is 4.39 Å². The second-order valence-corrected chi connectivity index (χ2v) is 5.73. The van der Waals surface area contributed by atoms with Crippen LogP contribution in [0.3, 0.4) is 0 Å². The van der Waals surface area contributed by atoms with Crippen molar-refractivity contribution in [1.29, 1.82) is 0 Å². The molecule has 6 nitrogen and oxygen atoms in total. The van der Waals surface area contributed by atoms with Gasteiger partial charge in [-0.25, -0.2) is 24.3 Å². The Balaban J connectivity index is 1.71. The maximum absolute atomic E-state index is 13.3. The highest BCUT2D eigenvalue weighted by Crippen LogP contribution is 2.27. The third-order valence-corrected chi connectivity index (χ3v) is 3.76. The van der Waals surface area contributed by atoms with Crippen molar-refractivity contribution in [3.05, 3.63) is 41.6 Å². The van der Waals surface area contributed by atoms with Crippen molar-refractivity contribution in [1.82, 2.24) is 19.9 Å². The predicted octanol–water partition coefficient (Wildman–Crippen LogP) is 3.53. The molecule has 0 bridgehead atoms. The molecule has 0 spiro atoms. The molecular formula is C15H12ClFN6. The molecular weight excluding hydrogens is 319 g/mol. The normalized spacial score (nSPS) is 14.0. The fourth-order valence-corrected chi connectivity index (χ4v) is 2.32. The standard InChI is InChI=1S/C15H12ClFN6/c16-10-5-9(3-4-11(10)17)21-14-13-12(19-7-20-14)6-18-15(23-13)22-8-1-2-8/h3-8H,1-2H2,(H,18,22,23)(H,19,20,21). The number of halogens is 2. The van der Waals surface area contributed by atoms with Crippen molar-refractivity contribution in [3.8, 4) is 0 Å². The predicted molar refractivity (Wildman–Crippen MR) is 86.5 cm³/mol. The van der Waals surface area contributed by atoms with Crippen LogP contribution in [-0.2, 0) is 0 Å². The monoisotopic (exact) mass is 330 g/mol. The average molecular weight is 331 g/mol. The van der Waals surface area contributed by atoms with Crippen LogP contribution >= 0.6 is 11.6 Å². The van der Waals surface area contributed by atoms with Crippen LogP contribution < -0.4 is 10.6 Å². The van der Waals surface area contributed by atoms with Gasteiger partial charge in [-0.1, -0.05) is 11.6 Å². The smallest absolute Gasteiger partial charge is 0.223 e. The molecule has 0 atom stereocenters. The first-order valence-electron chi connectivity index (χ1n) is 7.15. The van der Waals surface area contributed by atoms with Crippen LogP contribution in [0.5, 0.6) is 0 Å². The van der Waals surface area contributed by atoms with E-state index in [1.54, 1.807) is 12.3 Å². The molecule has 0 amide bonds. The number of fused-ring (bicyclic) bond motifs is 1. The Morgan fingerprint density at radius 1 is 1.17 bits per heavy atom. The van der Waals surface area contributed by atoms with Crippen molar-refractivity contribution in [3.63, 3.8) is 0 Å². The summed E-state index contributed by atoms with van der Waals surface area (Å²) < 4.78 is 13.3. The van der Waals surface area contributed by atoms with Crippen molar-refractivity contribution in [2.75, 3.05) is 10.6 Å². The largest absolute Gasteiger partial charge is 0.351 e. The molecule has 1 aliphatic rings. The van der Waals surface area contributed by atoms with Gasteiger partial charge in [0.1, 0.15) is 23.2 Å². The van der Waals surface area contributed by atoms with Gasteiger partial charge in [0, 0.05) is 11.7 Å². The van der Waals surface area contributed by atoms with Crippen molar-refractivity contribution in [2.45, 2.75) is 18.9 Å². The maximum Gasteiger partial charge on any atom is 0.223 e. The molecule has 3 aromatic rings. The van der Waals surface area contributed by atoms with E-state index >= 15 is 0 Å². The van der Waals surface area contributed by atoms with E-state index < -0.39 is 5.82 Å². The van der Waals surface area contributed by atoms with Crippen LogP contribution in [0.25, 0.3) is 11.0 Å². The molecule has 0 unspecified atom stereocenters. The van der Waals surface area contributed by atoms with Gasteiger partial charge in [-0.05, 0) is 31.0 Å². The number of anilines is 3. The Labute approximate surface area is 136 Å². The van der Waals surface area contributed by atoms with Gasteiger partial charge >= 0.3 is 0 Å². The SMILES string of the molecule is Fc1ccc(Nc2ncnc3cnc(NC4CC4)nc23)cc1Cl. The summed E-state index contributed by atoms with van der Waals surface area (Å²) in [5, 5.41) is 6.37. The molecule has 4 rings (SSSR count). The Morgan fingerprint density at radius 3 is 2.83 bits per heavy atom. The zero-order chi connectivity index (χ0) is 15.8.